The van der Waals surface area contributed by atoms with Crippen molar-refractivity contribution in [3.05, 3.63) is 87.5 Å². The number of nitrogen functional groups attached to an aromatic ring is 1. The van der Waals surface area contributed by atoms with Crippen molar-refractivity contribution in [2.45, 2.75) is 32.1 Å². The number of rotatable bonds is 2. The minimum absolute atomic E-state index is 0.0512. The van der Waals surface area contributed by atoms with Crippen LogP contribution in [0.1, 0.15) is 41.8 Å². The molecule has 0 amide bonds. The van der Waals surface area contributed by atoms with Crippen LogP contribution in [-0.2, 0) is 11.8 Å². The summed E-state index contributed by atoms with van der Waals surface area (Å²) in [6, 6.07) is 16.4. The summed E-state index contributed by atoms with van der Waals surface area (Å²) in [5.74, 6) is -0.506. The molecule has 3 heteroatoms. The molecule has 5 rings (SSSR count). The van der Waals surface area contributed by atoms with Crippen LogP contribution in [0.4, 0.5) is 10.1 Å². The third-order valence-corrected chi connectivity index (χ3v) is 6.53. The van der Waals surface area contributed by atoms with Crippen molar-refractivity contribution in [2.75, 3.05) is 5.73 Å². The number of carbonyl (C=O) groups is 1. The molecule has 0 aliphatic heterocycles. The highest BCUT2D eigenvalue weighted by Crippen LogP contribution is 2.35. The third-order valence-electron chi connectivity index (χ3n) is 6.53. The number of nitrogens with two attached hydrogens (primary N) is 1. The fraction of sp³-hybridized carbons (Fsp3) is 0.222. The first-order valence-electron chi connectivity index (χ1n) is 10.4. The molecule has 0 saturated carbocycles. The lowest BCUT2D eigenvalue weighted by atomic mass is 9.69. The maximum atomic E-state index is 13.3. The third kappa shape index (κ3) is 2.97. The molecule has 1 atom stereocenters. The number of halogens is 1. The first kappa shape index (κ1) is 18.8. The lowest BCUT2D eigenvalue weighted by Gasteiger charge is -2.34. The van der Waals surface area contributed by atoms with Crippen LogP contribution in [0.25, 0.3) is 23.3 Å². The Kier molecular flexibility index (Phi) is 4.18. The van der Waals surface area contributed by atoms with Crippen LogP contribution in [0.15, 0.2) is 54.6 Å². The van der Waals surface area contributed by atoms with Gasteiger partial charge in [-0.15, -0.1) is 0 Å². The molecule has 2 N–H and O–H groups in total. The second kappa shape index (κ2) is 6.66. The minimum atomic E-state index is -0.326. The zero-order valence-corrected chi connectivity index (χ0v) is 17.2. The van der Waals surface area contributed by atoms with Crippen molar-refractivity contribution in [1.29, 1.82) is 0 Å². The molecule has 0 aromatic heterocycles. The van der Waals surface area contributed by atoms with Gasteiger partial charge in [-0.1, -0.05) is 44.2 Å². The van der Waals surface area contributed by atoms with Gasteiger partial charge >= 0.3 is 0 Å². The van der Waals surface area contributed by atoms with Crippen LogP contribution in [0.2, 0.25) is 0 Å². The fourth-order valence-electron chi connectivity index (χ4n) is 5.03. The van der Waals surface area contributed by atoms with Crippen LogP contribution in [0, 0.1) is 11.7 Å². The van der Waals surface area contributed by atoms with E-state index in [1.807, 2.05) is 12.1 Å². The van der Waals surface area contributed by atoms with Gasteiger partial charge in [0.25, 0.3) is 0 Å². The fourth-order valence-corrected chi connectivity index (χ4v) is 5.03. The standard InChI is InChI=1S/C27H24FNO/c1-27(2)15-18(26(30)16-3-6-19(28)7-4-16)14-24-23-9-5-17-13-20(29)8-10-21(17)22(23)11-12-25(24)27/h3-4,6-14,18H,5,15,29H2,1-2H3. The molecule has 0 saturated heterocycles. The minimum Gasteiger partial charge on any atom is -0.399 e. The summed E-state index contributed by atoms with van der Waals surface area (Å²) >= 11 is 0. The molecule has 0 fully saturated rings. The molecule has 30 heavy (non-hydrogen) atoms. The van der Waals surface area contributed by atoms with Crippen LogP contribution in [0.3, 0.4) is 0 Å². The van der Waals surface area contributed by atoms with E-state index in [0.29, 0.717) is 5.56 Å². The van der Waals surface area contributed by atoms with Crippen LogP contribution < -0.4 is 16.2 Å². The molecule has 1 unspecified atom stereocenters. The van der Waals surface area contributed by atoms with E-state index >= 15 is 0 Å². The lowest BCUT2D eigenvalue weighted by Crippen LogP contribution is -2.43. The Morgan fingerprint density at radius 3 is 2.50 bits per heavy atom. The summed E-state index contributed by atoms with van der Waals surface area (Å²) in [5, 5.41) is 2.36. The Hall–Kier alpha value is -3.20. The van der Waals surface area contributed by atoms with Crippen molar-refractivity contribution in [1.82, 2.24) is 0 Å². The molecule has 2 aliphatic carbocycles. The van der Waals surface area contributed by atoms with Crippen molar-refractivity contribution in [3.8, 4) is 11.1 Å². The van der Waals surface area contributed by atoms with Gasteiger partial charge in [0.1, 0.15) is 5.82 Å². The monoisotopic (exact) mass is 397 g/mol. The summed E-state index contributed by atoms with van der Waals surface area (Å²) in [7, 11) is 0. The van der Waals surface area contributed by atoms with Gasteiger partial charge in [0.05, 0.1) is 0 Å². The number of hydrogen-bond donors (Lipinski definition) is 1. The summed E-state index contributed by atoms with van der Waals surface area (Å²) < 4.78 is 13.3. The number of carbonyl (C=O) groups excluding carboxylic acids is 1. The molecule has 0 bridgehead atoms. The predicted molar refractivity (Wildman–Crippen MR) is 120 cm³/mol. The smallest absolute Gasteiger partial charge is 0.169 e. The normalized spacial score (nSPS) is 18.3. The van der Waals surface area contributed by atoms with Gasteiger partial charge in [-0.3, -0.25) is 4.79 Å². The van der Waals surface area contributed by atoms with E-state index in [1.54, 1.807) is 12.1 Å². The van der Waals surface area contributed by atoms with E-state index in [1.165, 1.54) is 39.6 Å². The number of benzene rings is 3. The molecule has 0 spiro atoms. The van der Waals surface area contributed by atoms with E-state index in [4.69, 9.17) is 5.73 Å². The van der Waals surface area contributed by atoms with Gasteiger partial charge in [0.2, 0.25) is 0 Å². The molecule has 3 aromatic carbocycles. The molecule has 2 nitrogen and oxygen atoms in total. The molecule has 3 aromatic rings. The molecule has 2 aliphatic rings. The Morgan fingerprint density at radius 1 is 1.00 bits per heavy atom. The van der Waals surface area contributed by atoms with E-state index < -0.39 is 0 Å². The van der Waals surface area contributed by atoms with E-state index in [2.05, 4.69) is 44.2 Å². The average Bonchev–Trinajstić information content (AvgIpc) is 2.72. The van der Waals surface area contributed by atoms with Crippen molar-refractivity contribution >= 4 is 23.6 Å². The van der Waals surface area contributed by atoms with Gasteiger partial charge in [-0.05, 0) is 87.3 Å². The highest BCUT2D eigenvalue weighted by Gasteiger charge is 2.33. The van der Waals surface area contributed by atoms with E-state index in [9.17, 15) is 9.18 Å². The zero-order valence-electron chi connectivity index (χ0n) is 17.2. The first-order valence-corrected chi connectivity index (χ1v) is 10.4. The number of ketones is 1. The van der Waals surface area contributed by atoms with Crippen LogP contribution in [0.5, 0.6) is 0 Å². The Balaban J connectivity index is 1.69. The Morgan fingerprint density at radius 2 is 1.73 bits per heavy atom. The Labute approximate surface area is 175 Å². The zero-order chi connectivity index (χ0) is 21.0. The summed E-state index contributed by atoms with van der Waals surface area (Å²) in [4.78, 5) is 13.2. The van der Waals surface area contributed by atoms with Crippen LogP contribution >= 0.6 is 0 Å². The van der Waals surface area contributed by atoms with Gasteiger partial charge in [-0.25, -0.2) is 4.39 Å². The molecule has 0 radical (unpaired) electrons. The largest absolute Gasteiger partial charge is 0.399 e. The topological polar surface area (TPSA) is 43.1 Å². The first-order chi connectivity index (χ1) is 14.3. The van der Waals surface area contributed by atoms with Gasteiger partial charge in [-0.2, -0.15) is 0 Å². The van der Waals surface area contributed by atoms with Crippen molar-refractivity contribution in [2.24, 2.45) is 5.92 Å². The van der Waals surface area contributed by atoms with E-state index in [0.717, 1.165) is 23.7 Å². The highest BCUT2D eigenvalue weighted by molar-refractivity contribution is 6.01. The second-order valence-corrected chi connectivity index (χ2v) is 9.05. The maximum Gasteiger partial charge on any atom is 0.169 e. The van der Waals surface area contributed by atoms with Crippen molar-refractivity contribution < 1.29 is 9.18 Å². The number of anilines is 1. The van der Waals surface area contributed by atoms with Gasteiger partial charge in [0, 0.05) is 17.2 Å². The Bertz CT molecular complexity index is 1300. The van der Waals surface area contributed by atoms with Crippen molar-refractivity contribution in [3.63, 3.8) is 0 Å². The highest BCUT2D eigenvalue weighted by atomic mass is 19.1. The lowest BCUT2D eigenvalue weighted by molar-refractivity contribution is 0.0933. The molecule has 150 valence electrons. The number of Topliss-reactive ketones (excluding diaryl/α,β-unsaturated/α-hetero) is 1. The summed E-state index contributed by atoms with van der Waals surface area (Å²) in [6.07, 6.45) is 5.95. The SMILES string of the molecule is CC1(C)CC(C(=O)c2ccc(F)cc2)C=c2c1ccc1c2=CCc2cc(N)ccc2-1. The predicted octanol–water partition coefficient (Wildman–Crippen LogP) is 4.37. The van der Waals surface area contributed by atoms with Gasteiger partial charge < -0.3 is 5.73 Å². The average molecular weight is 397 g/mol. The number of fused-ring (bicyclic) bond motifs is 5. The summed E-state index contributed by atoms with van der Waals surface area (Å²) in [6.45, 7) is 4.40. The molecular formula is C27H24FNO. The van der Waals surface area contributed by atoms with Crippen LogP contribution in [-0.4, -0.2) is 5.78 Å². The van der Waals surface area contributed by atoms with Gasteiger partial charge in [0.15, 0.2) is 5.78 Å². The molecule has 0 heterocycles. The second-order valence-electron chi connectivity index (χ2n) is 9.05. The maximum absolute atomic E-state index is 13.3. The van der Waals surface area contributed by atoms with E-state index in [-0.39, 0.29) is 22.9 Å². The molecular weight excluding hydrogens is 373 g/mol. The summed E-state index contributed by atoms with van der Waals surface area (Å²) in [5.41, 5.74) is 12.1. The number of hydrogen-bond acceptors (Lipinski definition) is 2. The quantitative estimate of drug-likeness (QED) is 0.515.